The molecule has 0 aromatic heterocycles. The molecule has 0 aliphatic carbocycles. The Labute approximate surface area is 151 Å². The van der Waals surface area contributed by atoms with Gasteiger partial charge >= 0.3 is 22.5 Å². The third-order valence-electron chi connectivity index (χ3n) is 3.39. The average Bonchev–Trinajstić information content (AvgIpc) is 2.84. The standard InChI is InChI=1S/C8H11N3O6S.C7H8O/c12-7(10-15)6-5(9-8(13)14)3-1-2-4-11(6)18(16)17;1-8-7-5-3-2-4-6-7/h1-2,5-6,9H,3-4H2,(H2-,10,12,13,14,15);2-6H,1H3/p+1. The van der Waals surface area contributed by atoms with E-state index in [1.807, 2.05) is 30.3 Å². The number of nitrogens with one attached hydrogen (secondary N) is 2. The highest BCUT2D eigenvalue weighted by Crippen LogP contribution is 2.10. The Bertz CT molecular complexity index is 770. The Balaban J connectivity index is 0.000000350. The van der Waals surface area contributed by atoms with Crippen LogP contribution in [0.2, 0.25) is 0 Å². The van der Waals surface area contributed by atoms with Crippen molar-refractivity contribution in [3.63, 3.8) is 0 Å². The second-order valence-electron chi connectivity index (χ2n) is 5.02. The first kappa shape index (κ1) is 21.1. The number of amides is 2. The lowest BCUT2D eigenvalue weighted by atomic mass is 10.1. The first-order chi connectivity index (χ1) is 12.4. The van der Waals surface area contributed by atoms with Gasteiger partial charge in [0.05, 0.1) is 7.11 Å². The molecule has 1 aromatic carbocycles. The number of benzene rings is 1. The number of methoxy groups -OCH3 is 1. The first-order valence-electron chi connectivity index (χ1n) is 7.44. The van der Waals surface area contributed by atoms with Gasteiger partial charge in [-0.25, -0.2) is 10.3 Å². The van der Waals surface area contributed by atoms with E-state index in [4.69, 9.17) is 15.1 Å². The number of para-hydroxylation sites is 1. The zero-order chi connectivity index (χ0) is 19.5. The van der Waals surface area contributed by atoms with E-state index in [1.54, 1.807) is 13.2 Å². The maximum Gasteiger partial charge on any atom is 0.459 e. The smallest absolute Gasteiger partial charge is 0.459 e. The molecule has 0 fully saturated rings. The molecule has 0 spiro atoms. The number of rotatable bonds is 3. The SMILES string of the molecule is COc1ccccc1.O=C(O)NC1CC=CC[N+](=S(=O)=O)C1C(=O)NO. The summed E-state index contributed by atoms with van der Waals surface area (Å²) in [7, 11) is -1.06. The summed E-state index contributed by atoms with van der Waals surface area (Å²) in [6, 6.07) is 7.35. The van der Waals surface area contributed by atoms with E-state index in [0.717, 1.165) is 9.70 Å². The third kappa shape index (κ3) is 6.53. The van der Waals surface area contributed by atoms with Crippen LogP contribution in [0, 0.1) is 0 Å². The maximum atomic E-state index is 11.5. The zero-order valence-electron chi connectivity index (χ0n) is 13.9. The minimum atomic E-state index is -2.72. The Morgan fingerprint density at radius 1 is 1.23 bits per heavy atom. The van der Waals surface area contributed by atoms with Crippen LogP contribution in [0.1, 0.15) is 6.42 Å². The van der Waals surface area contributed by atoms with Crippen LogP contribution in [-0.4, -0.2) is 60.4 Å². The molecule has 1 aromatic rings. The molecular formula is C15H20N3O7S+. The molecular weight excluding hydrogens is 366 g/mol. The molecule has 26 heavy (non-hydrogen) atoms. The minimum absolute atomic E-state index is 0.0774. The number of nitrogens with zero attached hydrogens (tertiary/aromatic N) is 1. The summed E-state index contributed by atoms with van der Waals surface area (Å²) in [6.07, 6.45) is 1.81. The van der Waals surface area contributed by atoms with Crippen molar-refractivity contribution in [1.82, 2.24) is 10.8 Å². The average molecular weight is 386 g/mol. The molecule has 0 radical (unpaired) electrons. The fourth-order valence-corrected chi connectivity index (χ4v) is 2.89. The van der Waals surface area contributed by atoms with E-state index in [2.05, 4.69) is 5.32 Å². The van der Waals surface area contributed by atoms with E-state index in [0.29, 0.717) is 0 Å². The van der Waals surface area contributed by atoms with E-state index in [1.165, 1.54) is 11.6 Å². The fraction of sp³-hybridized carbons (Fsp3) is 0.333. The lowest BCUT2D eigenvalue weighted by Crippen LogP contribution is -2.54. The van der Waals surface area contributed by atoms with E-state index in [9.17, 15) is 18.0 Å². The van der Waals surface area contributed by atoms with Crippen molar-refractivity contribution >= 4 is 22.5 Å². The summed E-state index contributed by atoms with van der Waals surface area (Å²) >= 11 is 0. The largest absolute Gasteiger partial charge is 0.497 e. The van der Waals surface area contributed by atoms with Gasteiger partial charge in [0, 0.05) is 0 Å². The van der Waals surface area contributed by atoms with Gasteiger partial charge in [-0.15, -0.1) is 12.4 Å². The third-order valence-corrected chi connectivity index (χ3v) is 4.15. The lowest BCUT2D eigenvalue weighted by Gasteiger charge is -2.18. The molecule has 0 bridgehead atoms. The van der Waals surface area contributed by atoms with Crippen molar-refractivity contribution in [2.45, 2.75) is 18.5 Å². The first-order valence-corrected chi connectivity index (χ1v) is 8.47. The predicted octanol–water partition coefficient (Wildman–Crippen LogP) is 0.227. The summed E-state index contributed by atoms with van der Waals surface area (Å²) in [4.78, 5) is 22.1. The van der Waals surface area contributed by atoms with Gasteiger partial charge in [0.2, 0.25) is 0 Å². The van der Waals surface area contributed by atoms with Crippen molar-refractivity contribution in [1.29, 1.82) is 0 Å². The number of ether oxygens (including phenoxy) is 1. The summed E-state index contributed by atoms with van der Waals surface area (Å²) < 4.78 is 27.7. The molecule has 0 saturated carbocycles. The highest BCUT2D eigenvalue weighted by molar-refractivity contribution is 7.58. The van der Waals surface area contributed by atoms with Crippen LogP contribution in [-0.2, 0) is 15.3 Å². The molecule has 10 nitrogen and oxygen atoms in total. The normalized spacial score (nSPS) is 18.6. The second-order valence-corrected chi connectivity index (χ2v) is 5.92. The van der Waals surface area contributed by atoms with Crippen LogP contribution in [0.5, 0.6) is 5.75 Å². The molecule has 4 N–H and O–H groups in total. The molecule has 1 aliphatic rings. The summed E-state index contributed by atoms with van der Waals surface area (Å²) in [5.74, 6) is -0.0887. The number of carbonyl (C=O) groups excluding carboxylic acids is 1. The van der Waals surface area contributed by atoms with Crippen molar-refractivity contribution < 1.29 is 37.0 Å². The van der Waals surface area contributed by atoms with Crippen LogP contribution < -0.4 is 15.5 Å². The highest BCUT2D eigenvalue weighted by atomic mass is 32.2. The van der Waals surface area contributed by atoms with Gasteiger partial charge in [0.25, 0.3) is 6.04 Å². The number of hydrogen-bond donors (Lipinski definition) is 4. The quantitative estimate of drug-likeness (QED) is 0.252. The van der Waals surface area contributed by atoms with Gasteiger partial charge in [0.1, 0.15) is 11.8 Å². The van der Waals surface area contributed by atoms with Crippen LogP contribution in [0.25, 0.3) is 0 Å². The number of hydroxylamine groups is 1. The van der Waals surface area contributed by atoms with Crippen LogP contribution in [0.15, 0.2) is 42.5 Å². The molecule has 2 unspecified atom stereocenters. The van der Waals surface area contributed by atoms with Crippen molar-refractivity contribution in [2.24, 2.45) is 0 Å². The van der Waals surface area contributed by atoms with Crippen LogP contribution in [0.4, 0.5) is 4.79 Å². The monoisotopic (exact) mass is 386 g/mol. The predicted molar refractivity (Wildman–Crippen MR) is 89.5 cm³/mol. The van der Waals surface area contributed by atoms with Crippen LogP contribution >= 0.6 is 0 Å². The van der Waals surface area contributed by atoms with E-state index in [-0.39, 0.29) is 13.0 Å². The van der Waals surface area contributed by atoms with Gasteiger partial charge in [0.15, 0.2) is 6.54 Å². The van der Waals surface area contributed by atoms with E-state index < -0.39 is 34.6 Å². The lowest BCUT2D eigenvalue weighted by molar-refractivity contribution is -0.523. The van der Waals surface area contributed by atoms with Crippen molar-refractivity contribution in [3.8, 4) is 5.75 Å². The fourth-order valence-electron chi connectivity index (χ4n) is 2.25. The van der Waals surface area contributed by atoms with E-state index >= 15 is 0 Å². The van der Waals surface area contributed by atoms with Gasteiger partial charge in [-0.2, -0.15) is 0 Å². The number of carboxylic acid groups (broad SMARTS) is 1. The van der Waals surface area contributed by atoms with Crippen LogP contribution in [0.3, 0.4) is 0 Å². The summed E-state index contributed by atoms with van der Waals surface area (Å²) in [5, 5.41) is 19.3. The number of hydrogen-bond acceptors (Lipinski definition) is 6. The topological polar surface area (TPSA) is 145 Å². The molecule has 11 heteroatoms. The van der Waals surface area contributed by atoms with Gasteiger partial charge < -0.3 is 15.2 Å². The summed E-state index contributed by atoms with van der Waals surface area (Å²) in [6.45, 7) is -0.0774. The molecule has 2 rings (SSSR count). The van der Waals surface area contributed by atoms with Gasteiger partial charge in [-0.05, 0) is 24.6 Å². The summed E-state index contributed by atoms with van der Waals surface area (Å²) in [5.41, 5.74) is 1.34. The van der Waals surface area contributed by atoms with Gasteiger partial charge in [-0.3, -0.25) is 10.0 Å². The van der Waals surface area contributed by atoms with Gasteiger partial charge in [-0.1, -0.05) is 24.3 Å². The van der Waals surface area contributed by atoms with Crippen molar-refractivity contribution in [3.05, 3.63) is 42.5 Å². The number of carbonyl (C=O) groups is 2. The molecule has 1 aliphatic heterocycles. The Kier molecular flexibility index (Phi) is 8.81. The Morgan fingerprint density at radius 2 is 1.88 bits per heavy atom. The molecule has 1 heterocycles. The zero-order valence-corrected chi connectivity index (χ0v) is 14.7. The Hall–Kier alpha value is -2.92. The molecule has 142 valence electrons. The molecule has 0 saturated heterocycles. The second kappa shape index (κ2) is 10.8. The van der Waals surface area contributed by atoms with Crippen molar-refractivity contribution in [2.75, 3.05) is 13.7 Å². The Morgan fingerprint density at radius 3 is 2.35 bits per heavy atom. The minimum Gasteiger partial charge on any atom is -0.497 e. The molecule has 2 amide bonds. The maximum absolute atomic E-state index is 11.5. The molecule has 2 atom stereocenters. The highest BCUT2D eigenvalue weighted by Gasteiger charge is 2.41.